The lowest BCUT2D eigenvalue weighted by Crippen LogP contribution is -2.29. The number of benzene rings is 2. The fourth-order valence-electron chi connectivity index (χ4n) is 2.73. The second-order valence-corrected chi connectivity index (χ2v) is 6.46. The molecule has 1 heterocycles. The maximum absolute atomic E-state index is 12.7. The standard InChI is InChI=1S/C20H18N4O4/c1-13-18(11-14-7-9-16(10-8-14)22(2)3)20(26)23(21-13)19(25)15-5-4-6-17(12-15)24(27)28/h4-12H,1-3H3/b18-11-. The van der Waals surface area contributed by atoms with E-state index in [1.165, 1.54) is 18.2 Å². The summed E-state index contributed by atoms with van der Waals surface area (Å²) in [5.41, 5.74) is 2.32. The van der Waals surface area contributed by atoms with Crippen molar-refractivity contribution < 1.29 is 14.5 Å². The molecule has 8 heteroatoms. The Morgan fingerprint density at radius 3 is 2.46 bits per heavy atom. The smallest absolute Gasteiger partial charge is 0.283 e. The van der Waals surface area contributed by atoms with Crippen LogP contribution in [0.1, 0.15) is 22.8 Å². The lowest BCUT2D eigenvalue weighted by molar-refractivity contribution is -0.384. The van der Waals surface area contributed by atoms with E-state index in [-0.39, 0.29) is 11.3 Å². The summed E-state index contributed by atoms with van der Waals surface area (Å²) >= 11 is 0. The van der Waals surface area contributed by atoms with Gasteiger partial charge in [0.15, 0.2) is 0 Å². The number of nitrogens with zero attached hydrogens (tertiary/aromatic N) is 4. The van der Waals surface area contributed by atoms with Crippen LogP contribution < -0.4 is 4.90 Å². The fraction of sp³-hybridized carbons (Fsp3) is 0.150. The molecule has 0 spiro atoms. The SMILES string of the molecule is CC1=NN(C(=O)c2cccc([N+](=O)[O-])c2)C(=O)/C1=C\c1ccc(N(C)C)cc1. The number of rotatable bonds is 4. The van der Waals surface area contributed by atoms with Crippen molar-refractivity contribution in [1.29, 1.82) is 0 Å². The van der Waals surface area contributed by atoms with Gasteiger partial charge in [-0.2, -0.15) is 10.1 Å². The Hall–Kier alpha value is -3.81. The van der Waals surface area contributed by atoms with Gasteiger partial charge in [-0.25, -0.2) is 0 Å². The molecule has 1 aliphatic rings. The van der Waals surface area contributed by atoms with Crippen molar-refractivity contribution in [2.24, 2.45) is 5.10 Å². The number of hydrogen-bond acceptors (Lipinski definition) is 6. The molecule has 1 aliphatic heterocycles. The zero-order valence-corrected chi connectivity index (χ0v) is 15.6. The van der Waals surface area contributed by atoms with Crippen LogP contribution in [0.2, 0.25) is 0 Å². The number of amides is 2. The van der Waals surface area contributed by atoms with Crippen molar-refractivity contribution in [3.05, 3.63) is 75.3 Å². The number of non-ortho nitro benzene ring substituents is 1. The molecule has 8 nitrogen and oxygen atoms in total. The predicted octanol–water partition coefficient (Wildman–Crippen LogP) is 3.10. The fourth-order valence-corrected chi connectivity index (χ4v) is 2.73. The minimum atomic E-state index is -0.709. The zero-order valence-electron chi connectivity index (χ0n) is 15.6. The van der Waals surface area contributed by atoms with E-state index in [0.717, 1.165) is 22.3 Å². The van der Waals surface area contributed by atoms with Crippen LogP contribution in [0, 0.1) is 10.1 Å². The molecule has 0 saturated carbocycles. The Morgan fingerprint density at radius 2 is 1.86 bits per heavy atom. The first-order chi connectivity index (χ1) is 13.3. The molecule has 0 unspecified atom stereocenters. The molecule has 0 bridgehead atoms. The number of nitro groups is 1. The number of carbonyl (C=O) groups is 2. The van der Waals surface area contributed by atoms with E-state index in [2.05, 4.69) is 5.10 Å². The first-order valence-electron chi connectivity index (χ1n) is 8.46. The maximum Gasteiger partial charge on any atom is 0.283 e. The summed E-state index contributed by atoms with van der Waals surface area (Å²) in [4.78, 5) is 37.6. The van der Waals surface area contributed by atoms with Crippen molar-refractivity contribution in [2.75, 3.05) is 19.0 Å². The number of nitro benzene ring substituents is 1. The Kier molecular flexibility index (Phi) is 5.04. The third-order valence-electron chi connectivity index (χ3n) is 4.28. The predicted molar refractivity (Wildman–Crippen MR) is 106 cm³/mol. The minimum absolute atomic E-state index is 0.0238. The second kappa shape index (κ2) is 7.43. The first-order valence-corrected chi connectivity index (χ1v) is 8.46. The summed E-state index contributed by atoms with van der Waals surface area (Å²) in [6.07, 6.45) is 1.67. The summed E-state index contributed by atoms with van der Waals surface area (Å²) in [6, 6.07) is 12.8. The molecule has 142 valence electrons. The average molecular weight is 378 g/mol. The molecule has 28 heavy (non-hydrogen) atoms. The highest BCUT2D eigenvalue weighted by atomic mass is 16.6. The Morgan fingerprint density at radius 1 is 1.18 bits per heavy atom. The third-order valence-corrected chi connectivity index (χ3v) is 4.28. The number of imide groups is 1. The van der Waals surface area contributed by atoms with Gasteiger partial charge < -0.3 is 4.90 Å². The summed E-state index contributed by atoms with van der Waals surface area (Å²) in [5.74, 6) is -1.27. The third kappa shape index (κ3) is 3.66. The van der Waals surface area contributed by atoms with E-state index in [4.69, 9.17) is 0 Å². The van der Waals surface area contributed by atoms with E-state index < -0.39 is 16.7 Å². The van der Waals surface area contributed by atoms with Gasteiger partial charge in [0.1, 0.15) is 0 Å². The molecule has 0 aromatic heterocycles. The van der Waals surface area contributed by atoms with E-state index in [1.54, 1.807) is 13.0 Å². The van der Waals surface area contributed by atoms with Gasteiger partial charge in [-0.3, -0.25) is 19.7 Å². The summed E-state index contributed by atoms with van der Waals surface area (Å²) in [7, 11) is 3.87. The van der Waals surface area contributed by atoms with Crippen LogP contribution in [-0.4, -0.2) is 41.6 Å². The number of anilines is 1. The van der Waals surface area contributed by atoms with Crippen LogP contribution in [0.3, 0.4) is 0 Å². The van der Waals surface area contributed by atoms with Gasteiger partial charge in [0, 0.05) is 37.5 Å². The second-order valence-electron chi connectivity index (χ2n) is 6.46. The molecule has 0 saturated heterocycles. The van der Waals surface area contributed by atoms with Gasteiger partial charge in [0.2, 0.25) is 0 Å². The average Bonchev–Trinajstić information content (AvgIpc) is 2.96. The van der Waals surface area contributed by atoms with Gasteiger partial charge in [-0.1, -0.05) is 18.2 Å². The number of hydrazone groups is 1. The van der Waals surface area contributed by atoms with Crippen LogP contribution in [0.4, 0.5) is 11.4 Å². The van der Waals surface area contributed by atoms with Gasteiger partial charge >= 0.3 is 0 Å². The van der Waals surface area contributed by atoms with Gasteiger partial charge in [-0.05, 0) is 36.8 Å². The van der Waals surface area contributed by atoms with Crippen molar-refractivity contribution in [3.8, 4) is 0 Å². The number of hydrogen-bond donors (Lipinski definition) is 0. The Balaban J connectivity index is 1.87. The van der Waals surface area contributed by atoms with Gasteiger partial charge in [-0.15, -0.1) is 0 Å². The van der Waals surface area contributed by atoms with Crippen molar-refractivity contribution in [1.82, 2.24) is 5.01 Å². The molecular formula is C20H18N4O4. The zero-order chi connectivity index (χ0) is 20.4. The van der Waals surface area contributed by atoms with E-state index in [0.29, 0.717) is 11.3 Å². The normalized spacial score (nSPS) is 15.0. The highest BCUT2D eigenvalue weighted by molar-refractivity contribution is 6.30. The van der Waals surface area contributed by atoms with Crippen molar-refractivity contribution >= 4 is 35.0 Å². The highest BCUT2D eigenvalue weighted by Crippen LogP contribution is 2.23. The first kappa shape index (κ1) is 19.0. The molecule has 0 radical (unpaired) electrons. The topological polar surface area (TPSA) is 96.1 Å². The highest BCUT2D eigenvalue weighted by Gasteiger charge is 2.33. The Bertz CT molecular complexity index is 1020. The van der Waals surface area contributed by atoms with E-state index >= 15 is 0 Å². The quantitative estimate of drug-likeness (QED) is 0.352. The lowest BCUT2D eigenvalue weighted by Gasteiger charge is -2.12. The van der Waals surface area contributed by atoms with Crippen LogP contribution in [-0.2, 0) is 4.79 Å². The van der Waals surface area contributed by atoms with Crippen LogP contribution >= 0.6 is 0 Å². The van der Waals surface area contributed by atoms with E-state index in [9.17, 15) is 19.7 Å². The monoisotopic (exact) mass is 378 g/mol. The number of carbonyl (C=O) groups excluding carboxylic acids is 2. The largest absolute Gasteiger partial charge is 0.378 e. The summed E-state index contributed by atoms with van der Waals surface area (Å²) < 4.78 is 0. The van der Waals surface area contributed by atoms with Crippen molar-refractivity contribution in [2.45, 2.75) is 6.92 Å². The minimum Gasteiger partial charge on any atom is -0.378 e. The van der Waals surface area contributed by atoms with Gasteiger partial charge in [0.05, 0.1) is 16.2 Å². The maximum atomic E-state index is 12.7. The molecule has 0 N–H and O–H groups in total. The molecule has 3 rings (SSSR count). The van der Waals surface area contributed by atoms with Crippen molar-refractivity contribution in [3.63, 3.8) is 0 Å². The summed E-state index contributed by atoms with van der Waals surface area (Å²) in [6.45, 7) is 1.64. The molecule has 0 atom stereocenters. The van der Waals surface area contributed by atoms with Crippen LogP contribution in [0.15, 0.2) is 59.2 Å². The molecule has 2 amide bonds. The summed E-state index contributed by atoms with van der Waals surface area (Å²) in [5, 5.41) is 15.7. The molecule has 0 aliphatic carbocycles. The van der Waals surface area contributed by atoms with Crippen LogP contribution in [0.5, 0.6) is 0 Å². The molecule has 2 aromatic carbocycles. The Labute approximate surface area is 161 Å². The van der Waals surface area contributed by atoms with Crippen LogP contribution in [0.25, 0.3) is 6.08 Å². The molecule has 0 fully saturated rings. The molecular weight excluding hydrogens is 360 g/mol. The molecule has 2 aromatic rings. The van der Waals surface area contributed by atoms with E-state index in [1.807, 2.05) is 43.3 Å². The lowest BCUT2D eigenvalue weighted by atomic mass is 10.1. The van der Waals surface area contributed by atoms with Gasteiger partial charge in [0.25, 0.3) is 17.5 Å².